The van der Waals surface area contributed by atoms with Gasteiger partial charge in [-0.3, -0.25) is 4.98 Å². The molecule has 4 nitrogen and oxygen atoms in total. The Morgan fingerprint density at radius 1 is 1.24 bits per heavy atom. The van der Waals surface area contributed by atoms with E-state index in [2.05, 4.69) is 29.4 Å². The average Bonchev–Trinajstić information content (AvgIpc) is 2.52. The first kappa shape index (κ1) is 15.3. The molecule has 0 atom stereocenters. The standard InChI is InChI=1S/C17H23N3O/c1-2-10-21-17-6-5-14(11-16(17)18)7-9-20-13-15-4-3-8-19-12-15/h3-6,8,11-12,20H,2,7,9-10,13,18H2,1H3. The molecule has 0 spiro atoms. The average molecular weight is 285 g/mol. The molecule has 21 heavy (non-hydrogen) atoms. The van der Waals surface area contributed by atoms with Crippen molar-refractivity contribution >= 4 is 5.69 Å². The third kappa shape index (κ3) is 5.08. The lowest BCUT2D eigenvalue weighted by molar-refractivity contribution is 0.319. The molecule has 112 valence electrons. The van der Waals surface area contributed by atoms with Crippen molar-refractivity contribution in [3.8, 4) is 5.75 Å². The van der Waals surface area contributed by atoms with Crippen LogP contribution < -0.4 is 15.8 Å². The van der Waals surface area contributed by atoms with Crippen molar-refractivity contribution in [1.82, 2.24) is 10.3 Å². The van der Waals surface area contributed by atoms with E-state index in [1.807, 2.05) is 24.4 Å². The van der Waals surface area contributed by atoms with E-state index in [9.17, 15) is 0 Å². The fourth-order valence-corrected chi connectivity index (χ4v) is 2.07. The van der Waals surface area contributed by atoms with E-state index in [0.717, 1.165) is 31.7 Å². The molecule has 1 aromatic heterocycles. The van der Waals surface area contributed by atoms with Crippen LogP contribution in [0.1, 0.15) is 24.5 Å². The monoisotopic (exact) mass is 285 g/mol. The molecular formula is C17H23N3O. The van der Waals surface area contributed by atoms with Crippen molar-refractivity contribution in [2.24, 2.45) is 0 Å². The van der Waals surface area contributed by atoms with E-state index in [1.165, 1.54) is 11.1 Å². The number of pyridine rings is 1. The van der Waals surface area contributed by atoms with E-state index in [1.54, 1.807) is 6.20 Å². The zero-order valence-corrected chi connectivity index (χ0v) is 12.5. The van der Waals surface area contributed by atoms with Crippen LogP contribution in [0.25, 0.3) is 0 Å². The van der Waals surface area contributed by atoms with E-state index >= 15 is 0 Å². The number of benzene rings is 1. The molecule has 3 N–H and O–H groups in total. The van der Waals surface area contributed by atoms with Crippen LogP contribution in [-0.2, 0) is 13.0 Å². The molecule has 0 fully saturated rings. The summed E-state index contributed by atoms with van der Waals surface area (Å²) in [7, 11) is 0. The maximum Gasteiger partial charge on any atom is 0.142 e. The van der Waals surface area contributed by atoms with Crippen LogP contribution in [0.2, 0.25) is 0 Å². The van der Waals surface area contributed by atoms with Crippen LogP contribution in [0.5, 0.6) is 5.75 Å². The van der Waals surface area contributed by atoms with E-state index in [0.29, 0.717) is 12.3 Å². The highest BCUT2D eigenvalue weighted by molar-refractivity contribution is 5.54. The van der Waals surface area contributed by atoms with Gasteiger partial charge in [0, 0.05) is 18.9 Å². The first-order chi connectivity index (χ1) is 10.3. The fraction of sp³-hybridized carbons (Fsp3) is 0.353. The third-order valence-electron chi connectivity index (χ3n) is 3.18. The Bertz CT molecular complexity index is 543. The lowest BCUT2D eigenvalue weighted by atomic mass is 10.1. The summed E-state index contributed by atoms with van der Waals surface area (Å²) in [5, 5.41) is 3.41. The molecule has 0 aliphatic rings. The number of anilines is 1. The maximum absolute atomic E-state index is 6.00. The van der Waals surface area contributed by atoms with Crippen molar-refractivity contribution in [2.75, 3.05) is 18.9 Å². The van der Waals surface area contributed by atoms with Gasteiger partial charge in [-0.05, 0) is 48.7 Å². The molecule has 0 bridgehead atoms. The van der Waals surface area contributed by atoms with Gasteiger partial charge in [-0.25, -0.2) is 0 Å². The maximum atomic E-state index is 6.00. The van der Waals surface area contributed by atoms with Gasteiger partial charge in [-0.15, -0.1) is 0 Å². The normalized spacial score (nSPS) is 10.5. The van der Waals surface area contributed by atoms with Crippen LogP contribution in [-0.4, -0.2) is 18.1 Å². The number of ether oxygens (including phenoxy) is 1. The second kappa shape index (κ2) is 8.27. The molecule has 0 aliphatic heterocycles. The molecule has 2 aromatic rings. The number of aromatic nitrogens is 1. The van der Waals surface area contributed by atoms with Crippen LogP contribution in [0.3, 0.4) is 0 Å². The highest BCUT2D eigenvalue weighted by Crippen LogP contribution is 2.22. The lowest BCUT2D eigenvalue weighted by Crippen LogP contribution is -2.16. The molecule has 0 unspecified atom stereocenters. The number of nitrogens with two attached hydrogens (primary N) is 1. The van der Waals surface area contributed by atoms with Gasteiger partial charge in [-0.1, -0.05) is 19.1 Å². The minimum absolute atomic E-state index is 0.705. The number of nitrogens with zero attached hydrogens (tertiary/aromatic N) is 1. The summed E-state index contributed by atoms with van der Waals surface area (Å²) in [4.78, 5) is 4.10. The van der Waals surface area contributed by atoms with Gasteiger partial charge < -0.3 is 15.8 Å². The number of nitrogen functional groups attached to an aromatic ring is 1. The van der Waals surface area contributed by atoms with E-state index in [-0.39, 0.29) is 0 Å². The van der Waals surface area contributed by atoms with Gasteiger partial charge in [0.15, 0.2) is 0 Å². The zero-order valence-electron chi connectivity index (χ0n) is 12.5. The van der Waals surface area contributed by atoms with E-state index in [4.69, 9.17) is 10.5 Å². The number of hydrogen-bond donors (Lipinski definition) is 2. The molecule has 1 heterocycles. The Kier molecular flexibility index (Phi) is 6.03. The van der Waals surface area contributed by atoms with Crippen molar-refractivity contribution in [2.45, 2.75) is 26.3 Å². The third-order valence-corrected chi connectivity index (χ3v) is 3.18. The van der Waals surface area contributed by atoms with Gasteiger partial charge in [-0.2, -0.15) is 0 Å². The minimum Gasteiger partial charge on any atom is -0.491 e. The SMILES string of the molecule is CCCOc1ccc(CCNCc2cccnc2)cc1N. The van der Waals surface area contributed by atoms with Crippen LogP contribution in [0.15, 0.2) is 42.7 Å². The molecule has 0 saturated heterocycles. The Morgan fingerprint density at radius 2 is 2.14 bits per heavy atom. The molecular weight excluding hydrogens is 262 g/mol. The largest absolute Gasteiger partial charge is 0.491 e. The van der Waals surface area contributed by atoms with Crippen molar-refractivity contribution < 1.29 is 4.74 Å². The zero-order chi connectivity index (χ0) is 14.9. The second-order valence-electron chi connectivity index (χ2n) is 5.01. The lowest BCUT2D eigenvalue weighted by Gasteiger charge is -2.10. The topological polar surface area (TPSA) is 60.2 Å². The predicted octanol–water partition coefficient (Wildman–Crippen LogP) is 2.78. The van der Waals surface area contributed by atoms with Crippen LogP contribution in [0.4, 0.5) is 5.69 Å². The summed E-state index contributed by atoms with van der Waals surface area (Å²) in [5.74, 6) is 0.781. The summed E-state index contributed by atoms with van der Waals surface area (Å²) in [6.07, 6.45) is 5.59. The quantitative estimate of drug-likeness (QED) is 0.578. The van der Waals surface area contributed by atoms with Gasteiger partial charge >= 0.3 is 0 Å². The summed E-state index contributed by atoms with van der Waals surface area (Å²) < 4.78 is 5.58. The first-order valence-corrected chi connectivity index (χ1v) is 7.40. The summed E-state index contributed by atoms with van der Waals surface area (Å²) in [5.41, 5.74) is 9.13. The second-order valence-corrected chi connectivity index (χ2v) is 5.01. The summed E-state index contributed by atoms with van der Waals surface area (Å²) >= 11 is 0. The Labute approximate surface area is 126 Å². The van der Waals surface area contributed by atoms with Crippen LogP contribution in [0, 0.1) is 0 Å². The first-order valence-electron chi connectivity index (χ1n) is 7.40. The van der Waals surface area contributed by atoms with Crippen molar-refractivity contribution in [3.63, 3.8) is 0 Å². The van der Waals surface area contributed by atoms with Crippen LogP contribution >= 0.6 is 0 Å². The minimum atomic E-state index is 0.705. The number of nitrogens with one attached hydrogen (secondary N) is 1. The molecule has 0 amide bonds. The van der Waals surface area contributed by atoms with Crippen molar-refractivity contribution in [1.29, 1.82) is 0 Å². The Morgan fingerprint density at radius 3 is 2.86 bits per heavy atom. The molecule has 4 heteroatoms. The molecule has 0 radical (unpaired) electrons. The molecule has 2 rings (SSSR count). The highest BCUT2D eigenvalue weighted by Gasteiger charge is 2.02. The van der Waals surface area contributed by atoms with Gasteiger partial charge in [0.1, 0.15) is 5.75 Å². The predicted molar refractivity (Wildman–Crippen MR) is 86.3 cm³/mol. The number of rotatable bonds is 8. The smallest absolute Gasteiger partial charge is 0.142 e. The summed E-state index contributed by atoms with van der Waals surface area (Å²) in [6, 6.07) is 10.1. The highest BCUT2D eigenvalue weighted by atomic mass is 16.5. The molecule has 1 aromatic carbocycles. The Hall–Kier alpha value is -2.07. The fourth-order valence-electron chi connectivity index (χ4n) is 2.07. The van der Waals surface area contributed by atoms with E-state index < -0.39 is 0 Å². The molecule has 0 aliphatic carbocycles. The molecule has 0 saturated carbocycles. The van der Waals surface area contributed by atoms with Gasteiger partial charge in [0.05, 0.1) is 12.3 Å². The van der Waals surface area contributed by atoms with Gasteiger partial charge in [0.2, 0.25) is 0 Å². The van der Waals surface area contributed by atoms with Crippen molar-refractivity contribution in [3.05, 3.63) is 53.9 Å². The Balaban J connectivity index is 1.77. The summed E-state index contributed by atoms with van der Waals surface area (Å²) in [6.45, 7) is 4.53. The number of hydrogen-bond acceptors (Lipinski definition) is 4. The van der Waals surface area contributed by atoms with Gasteiger partial charge in [0.25, 0.3) is 0 Å².